The smallest absolute Gasteiger partial charge is 0.228 e. The Morgan fingerprint density at radius 1 is 1.23 bits per heavy atom. The van der Waals surface area contributed by atoms with E-state index in [1.807, 2.05) is 24.0 Å². The lowest BCUT2D eigenvalue weighted by Crippen LogP contribution is -2.60. The predicted octanol–water partition coefficient (Wildman–Crippen LogP) is 1.99. The number of hydrogen-bond donors (Lipinski definition) is 2. The van der Waals surface area contributed by atoms with Gasteiger partial charge in [0.2, 0.25) is 5.91 Å². The molecule has 1 aliphatic carbocycles. The Labute approximate surface area is 174 Å². The first-order valence-electron chi connectivity index (χ1n) is 10.6. The first-order chi connectivity index (χ1) is 14.4. The van der Waals surface area contributed by atoms with E-state index in [9.17, 15) is 14.3 Å². The highest BCUT2D eigenvalue weighted by atomic mass is 19.1. The Morgan fingerprint density at radius 3 is 2.67 bits per heavy atom. The number of pyridine rings is 1. The van der Waals surface area contributed by atoms with Gasteiger partial charge in [-0.05, 0) is 43.4 Å². The maximum Gasteiger partial charge on any atom is 0.228 e. The van der Waals surface area contributed by atoms with E-state index in [2.05, 4.69) is 15.2 Å². The van der Waals surface area contributed by atoms with Gasteiger partial charge >= 0.3 is 0 Å². The van der Waals surface area contributed by atoms with Crippen LogP contribution in [0.3, 0.4) is 0 Å². The third kappa shape index (κ3) is 3.53. The van der Waals surface area contributed by atoms with Gasteiger partial charge in [0.1, 0.15) is 11.6 Å². The van der Waals surface area contributed by atoms with Crippen LogP contribution in [0.5, 0.6) is 0 Å². The monoisotopic (exact) mass is 414 g/mol. The minimum Gasteiger partial charge on any atom is -0.389 e. The van der Waals surface area contributed by atoms with Crippen molar-refractivity contribution in [2.45, 2.75) is 31.4 Å². The second-order valence-electron chi connectivity index (χ2n) is 8.85. The Kier molecular flexibility index (Phi) is 4.88. The lowest BCUT2D eigenvalue weighted by atomic mass is 9.95. The van der Waals surface area contributed by atoms with E-state index in [1.54, 1.807) is 6.20 Å². The van der Waals surface area contributed by atoms with E-state index in [1.165, 1.54) is 6.07 Å². The summed E-state index contributed by atoms with van der Waals surface area (Å²) in [6.07, 6.45) is 2.97. The third-order valence-corrected chi connectivity index (χ3v) is 6.72. The fourth-order valence-electron chi connectivity index (χ4n) is 4.45. The van der Waals surface area contributed by atoms with Crippen LogP contribution in [-0.2, 0) is 9.53 Å². The number of nitrogens with one attached hydrogen (secondary N) is 1. The molecular formula is C22H27FN4O3. The molecule has 2 saturated heterocycles. The average Bonchev–Trinajstić information content (AvgIpc) is 3.54. The molecule has 0 spiro atoms. The van der Waals surface area contributed by atoms with Gasteiger partial charge in [0.15, 0.2) is 0 Å². The highest BCUT2D eigenvalue weighted by molar-refractivity contribution is 5.95. The summed E-state index contributed by atoms with van der Waals surface area (Å²) in [6, 6.07) is 5.15. The van der Waals surface area contributed by atoms with Crippen LogP contribution in [0.2, 0.25) is 0 Å². The topological polar surface area (TPSA) is 77.9 Å². The molecule has 3 aliphatic rings. The van der Waals surface area contributed by atoms with Crippen molar-refractivity contribution in [1.82, 2.24) is 9.88 Å². The molecule has 3 fully saturated rings. The van der Waals surface area contributed by atoms with Gasteiger partial charge in [0, 0.05) is 43.7 Å². The lowest BCUT2D eigenvalue weighted by molar-refractivity contribution is -0.117. The van der Waals surface area contributed by atoms with Crippen LogP contribution in [0.15, 0.2) is 24.4 Å². The van der Waals surface area contributed by atoms with Crippen LogP contribution >= 0.6 is 0 Å². The number of nitrogens with zero attached hydrogens (tertiary/aromatic N) is 3. The molecular weight excluding hydrogens is 387 g/mol. The minimum atomic E-state index is -0.502. The zero-order chi connectivity index (χ0) is 20.9. The molecule has 30 heavy (non-hydrogen) atoms. The number of aliphatic hydroxyl groups is 1. The molecule has 2 aromatic rings. The number of piperazine rings is 1. The van der Waals surface area contributed by atoms with Gasteiger partial charge in [-0.25, -0.2) is 9.37 Å². The summed E-state index contributed by atoms with van der Waals surface area (Å²) in [5.74, 6) is 0.341. The molecule has 3 heterocycles. The Balaban J connectivity index is 1.33. The summed E-state index contributed by atoms with van der Waals surface area (Å²) in [6.45, 7) is 5.70. The summed E-state index contributed by atoms with van der Waals surface area (Å²) in [4.78, 5) is 20.6. The standard InChI is InChI=1S/C22H27FN4O3/c1-22(13-30-12-19(22)28)27-6-4-26(5-7-27)18-9-15-10-20(25-21(29)14-2-3-14)24-11-16(15)8-17(18)23/h8-11,14,19,28H,2-7,12-13H2,1H3,(H,24,25,29)/t19-,22+/m1/s1. The van der Waals surface area contributed by atoms with Crippen molar-refractivity contribution >= 4 is 28.2 Å². The van der Waals surface area contributed by atoms with Crippen molar-refractivity contribution in [3.05, 3.63) is 30.2 Å². The van der Waals surface area contributed by atoms with Crippen LogP contribution in [0.4, 0.5) is 15.9 Å². The van der Waals surface area contributed by atoms with Crippen LogP contribution in [-0.4, -0.2) is 71.9 Å². The third-order valence-electron chi connectivity index (χ3n) is 6.72. The number of ether oxygens (including phenoxy) is 1. The van der Waals surface area contributed by atoms with E-state index in [0.29, 0.717) is 43.2 Å². The van der Waals surface area contributed by atoms with Crippen LogP contribution in [0, 0.1) is 11.7 Å². The molecule has 1 saturated carbocycles. The molecule has 1 aromatic carbocycles. The van der Waals surface area contributed by atoms with Gasteiger partial charge in [0.05, 0.1) is 30.5 Å². The number of aromatic nitrogens is 1. The normalized spacial score (nSPS) is 27.6. The number of anilines is 2. The van der Waals surface area contributed by atoms with E-state index in [-0.39, 0.29) is 23.2 Å². The van der Waals surface area contributed by atoms with Gasteiger partial charge in [-0.2, -0.15) is 0 Å². The predicted molar refractivity (Wildman–Crippen MR) is 112 cm³/mol. The van der Waals surface area contributed by atoms with Gasteiger partial charge in [-0.3, -0.25) is 9.69 Å². The molecule has 2 atom stereocenters. The second-order valence-corrected chi connectivity index (χ2v) is 8.85. The molecule has 1 aromatic heterocycles. The number of aliphatic hydroxyl groups excluding tert-OH is 1. The number of fused-ring (bicyclic) bond motifs is 1. The number of rotatable bonds is 4. The fraction of sp³-hybridized carbons (Fsp3) is 0.545. The highest BCUT2D eigenvalue weighted by Crippen LogP contribution is 2.32. The second kappa shape index (κ2) is 7.44. The Morgan fingerprint density at radius 2 is 2.00 bits per heavy atom. The number of carbonyl (C=O) groups is 1. The quantitative estimate of drug-likeness (QED) is 0.797. The van der Waals surface area contributed by atoms with Gasteiger partial charge in [-0.1, -0.05) is 0 Å². The molecule has 0 radical (unpaired) electrons. The van der Waals surface area contributed by atoms with Gasteiger partial charge in [-0.15, -0.1) is 0 Å². The highest BCUT2D eigenvalue weighted by Gasteiger charge is 2.44. The summed E-state index contributed by atoms with van der Waals surface area (Å²) >= 11 is 0. The Bertz CT molecular complexity index is 974. The summed E-state index contributed by atoms with van der Waals surface area (Å²) in [5, 5.41) is 14.7. The van der Waals surface area contributed by atoms with E-state index < -0.39 is 6.10 Å². The van der Waals surface area contributed by atoms with E-state index in [0.717, 1.165) is 31.3 Å². The number of benzene rings is 1. The SMILES string of the molecule is C[C@]1(N2CCN(c3cc4cc(NC(=O)C5CC5)ncc4cc3F)CC2)COC[C@H]1O. The van der Waals surface area contributed by atoms with E-state index >= 15 is 0 Å². The summed E-state index contributed by atoms with van der Waals surface area (Å²) < 4.78 is 20.3. The summed E-state index contributed by atoms with van der Waals surface area (Å²) in [7, 11) is 0. The number of halogens is 1. The maximum absolute atomic E-state index is 14.9. The Hall–Kier alpha value is -2.29. The minimum absolute atomic E-state index is 0.00637. The average molecular weight is 414 g/mol. The summed E-state index contributed by atoms with van der Waals surface area (Å²) in [5.41, 5.74) is 0.176. The molecule has 8 heteroatoms. The maximum atomic E-state index is 14.9. The van der Waals surface area contributed by atoms with Crippen LogP contribution in [0.1, 0.15) is 19.8 Å². The number of amides is 1. The fourth-order valence-corrected chi connectivity index (χ4v) is 4.45. The van der Waals surface area contributed by atoms with Crippen molar-refractivity contribution in [2.24, 2.45) is 5.92 Å². The molecule has 5 rings (SSSR count). The van der Waals surface area contributed by atoms with Crippen molar-refractivity contribution in [3.63, 3.8) is 0 Å². The van der Waals surface area contributed by atoms with Crippen LogP contribution in [0.25, 0.3) is 10.8 Å². The molecule has 7 nitrogen and oxygen atoms in total. The van der Waals surface area contributed by atoms with Crippen molar-refractivity contribution in [2.75, 3.05) is 49.6 Å². The zero-order valence-electron chi connectivity index (χ0n) is 17.1. The number of carbonyl (C=O) groups excluding carboxylic acids is 1. The molecule has 0 bridgehead atoms. The first-order valence-corrected chi connectivity index (χ1v) is 10.6. The largest absolute Gasteiger partial charge is 0.389 e. The van der Waals surface area contributed by atoms with E-state index in [4.69, 9.17) is 4.74 Å². The molecule has 160 valence electrons. The molecule has 2 N–H and O–H groups in total. The van der Waals surface area contributed by atoms with Crippen molar-refractivity contribution < 1.29 is 19.0 Å². The molecule has 2 aliphatic heterocycles. The van der Waals surface area contributed by atoms with Crippen molar-refractivity contribution in [3.8, 4) is 0 Å². The van der Waals surface area contributed by atoms with Crippen LogP contribution < -0.4 is 10.2 Å². The molecule has 1 amide bonds. The van der Waals surface area contributed by atoms with Gasteiger partial charge < -0.3 is 20.1 Å². The zero-order valence-corrected chi connectivity index (χ0v) is 17.1. The lowest BCUT2D eigenvalue weighted by Gasteiger charge is -2.45. The van der Waals surface area contributed by atoms with Crippen molar-refractivity contribution in [1.29, 1.82) is 0 Å². The van der Waals surface area contributed by atoms with Gasteiger partial charge in [0.25, 0.3) is 0 Å². The first kappa shape index (κ1) is 19.7. The molecule has 0 unspecified atom stereocenters. The number of hydrogen-bond acceptors (Lipinski definition) is 6.